The predicted molar refractivity (Wildman–Crippen MR) is 80.5 cm³/mol. The maximum absolute atomic E-state index is 3.50. The van der Waals surface area contributed by atoms with Gasteiger partial charge in [0.25, 0.3) is 0 Å². The minimum atomic E-state index is 0.978. The molecule has 18 heavy (non-hydrogen) atoms. The van der Waals surface area contributed by atoms with Crippen LogP contribution in [-0.2, 0) is 6.54 Å². The highest BCUT2D eigenvalue weighted by Crippen LogP contribution is 2.14. The lowest BCUT2D eigenvalue weighted by Crippen LogP contribution is -2.28. The molecule has 2 aromatic rings. The van der Waals surface area contributed by atoms with Gasteiger partial charge >= 0.3 is 0 Å². The number of benzene rings is 1. The Labute approximate surface area is 113 Å². The maximum Gasteiger partial charge on any atom is 0.0364 e. The van der Waals surface area contributed by atoms with E-state index >= 15 is 0 Å². The molecule has 96 valence electrons. The molecule has 0 unspecified atom stereocenters. The van der Waals surface area contributed by atoms with Crippen LogP contribution in [0.5, 0.6) is 0 Å². The second kappa shape index (κ2) is 6.57. The van der Waals surface area contributed by atoms with Crippen LogP contribution in [0.25, 0.3) is 0 Å². The van der Waals surface area contributed by atoms with Crippen molar-refractivity contribution in [3.05, 3.63) is 52.2 Å². The smallest absolute Gasteiger partial charge is 0.0364 e. The van der Waals surface area contributed by atoms with Crippen molar-refractivity contribution in [2.24, 2.45) is 0 Å². The maximum atomic E-state index is 3.50. The molecule has 0 amide bonds. The van der Waals surface area contributed by atoms with E-state index in [0.29, 0.717) is 0 Å². The standard InChI is InChI=1S/C15H20N2S/c1-13-8-11-18-15(13)12-16-9-10-17(2)14-6-4-3-5-7-14/h3-8,11,16H,9-10,12H2,1-2H3. The number of rotatable bonds is 6. The molecule has 1 aromatic carbocycles. The average Bonchev–Trinajstić information content (AvgIpc) is 2.81. The van der Waals surface area contributed by atoms with Gasteiger partial charge in [-0.15, -0.1) is 11.3 Å². The molecule has 0 bridgehead atoms. The van der Waals surface area contributed by atoms with Crippen molar-refractivity contribution < 1.29 is 0 Å². The summed E-state index contributed by atoms with van der Waals surface area (Å²) in [6.07, 6.45) is 0. The number of likely N-dealkylation sites (N-methyl/N-ethyl adjacent to an activating group) is 1. The van der Waals surface area contributed by atoms with Crippen LogP contribution in [0.3, 0.4) is 0 Å². The lowest BCUT2D eigenvalue weighted by Gasteiger charge is -2.19. The molecule has 2 rings (SSSR count). The van der Waals surface area contributed by atoms with Crippen LogP contribution < -0.4 is 10.2 Å². The highest BCUT2D eigenvalue weighted by molar-refractivity contribution is 7.10. The van der Waals surface area contributed by atoms with Crippen molar-refractivity contribution in [3.63, 3.8) is 0 Å². The Hall–Kier alpha value is -1.32. The lowest BCUT2D eigenvalue weighted by atomic mass is 10.3. The Balaban J connectivity index is 1.71. The summed E-state index contributed by atoms with van der Waals surface area (Å²) in [7, 11) is 2.13. The zero-order valence-electron chi connectivity index (χ0n) is 11.0. The summed E-state index contributed by atoms with van der Waals surface area (Å²) in [5.41, 5.74) is 2.66. The highest BCUT2D eigenvalue weighted by atomic mass is 32.1. The van der Waals surface area contributed by atoms with E-state index in [1.54, 1.807) is 0 Å². The van der Waals surface area contributed by atoms with E-state index < -0.39 is 0 Å². The third kappa shape index (κ3) is 3.59. The summed E-state index contributed by atoms with van der Waals surface area (Å²) in [6, 6.07) is 12.7. The van der Waals surface area contributed by atoms with E-state index in [2.05, 4.69) is 66.0 Å². The normalized spacial score (nSPS) is 10.6. The van der Waals surface area contributed by atoms with Crippen molar-refractivity contribution in [2.75, 3.05) is 25.0 Å². The van der Waals surface area contributed by atoms with Gasteiger partial charge in [-0.1, -0.05) is 18.2 Å². The van der Waals surface area contributed by atoms with Crippen LogP contribution >= 0.6 is 11.3 Å². The summed E-state index contributed by atoms with van der Waals surface area (Å²) in [5, 5.41) is 5.65. The van der Waals surface area contributed by atoms with Gasteiger partial charge in [0.05, 0.1) is 0 Å². The van der Waals surface area contributed by atoms with Crippen LogP contribution in [0.1, 0.15) is 10.4 Å². The largest absolute Gasteiger partial charge is 0.373 e. The molecule has 0 fully saturated rings. The monoisotopic (exact) mass is 260 g/mol. The SMILES string of the molecule is Cc1ccsc1CNCCN(C)c1ccccc1. The van der Waals surface area contributed by atoms with E-state index in [4.69, 9.17) is 0 Å². The molecule has 2 nitrogen and oxygen atoms in total. The topological polar surface area (TPSA) is 15.3 Å². The zero-order chi connectivity index (χ0) is 12.8. The number of nitrogens with zero attached hydrogens (tertiary/aromatic N) is 1. The Bertz CT molecular complexity index is 464. The summed E-state index contributed by atoms with van der Waals surface area (Å²) in [6.45, 7) is 5.17. The minimum Gasteiger partial charge on any atom is -0.373 e. The van der Waals surface area contributed by atoms with Crippen LogP contribution in [0.2, 0.25) is 0 Å². The van der Waals surface area contributed by atoms with Gasteiger partial charge in [-0.05, 0) is 36.1 Å². The van der Waals surface area contributed by atoms with E-state index in [1.807, 2.05) is 11.3 Å². The molecule has 0 saturated carbocycles. The van der Waals surface area contributed by atoms with Gasteiger partial charge in [0.2, 0.25) is 0 Å². The molecule has 0 spiro atoms. The van der Waals surface area contributed by atoms with Gasteiger partial charge < -0.3 is 10.2 Å². The summed E-state index contributed by atoms with van der Waals surface area (Å²) in [5.74, 6) is 0. The van der Waals surface area contributed by atoms with Crippen molar-refractivity contribution in [3.8, 4) is 0 Å². The molecule has 1 aromatic heterocycles. The third-order valence-corrected chi connectivity index (χ3v) is 4.10. The second-order valence-corrected chi connectivity index (χ2v) is 5.46. The van der Waals surface area contributed by atoms with Crippen LogP contribution in [-0.4, -0.2) is 20.1 Å². The van der Waals surface area contributed by atoms with E-state index in [1.165, 1.54) is 16.1 Å². The molecule has 1 heterocycles. The van der Waals surface area contributed by atoms with E-state index in [-0.39, 0.29) is 0 Å². The predicted octanol–water partition coefficient (Wildman–Crippen LogP) is 3.28. The molecule has 0 saturated heterocycles. The van der Waals surface area contributed by atoms with Crippen molar-refractivity contribution in [1.82, 2.24) is 5.32 Å². The fourth-order valence-electron chi connectivity index (χ4n) is 1.85. The summed E-state index contributed by atoms with van der Waals surface area (Å²) < 4.78 is 0. The fraction of sp³-hybridized carbons (Fsp3) is 0.333. The minimum absolute atomic E-state index is 0.978. The molecular formula is C15H20N2S. The molecule has 0 radical (unpaired) electrons. The van der Waals surface area contributed by atoms with Gasteiger partial charge in [-0.2, -0.15) is 0 Å². The first kappa shape index (κ1) is 13.1. The molecule has 0 aliphatic rings. The lowest BCUT2D eigenvalue weighted by molar-refractivity contribution is 0.684. The number of hydrogen-bond acceptors (Lipinski definition) is 3. The number of aryl methyl sites for hydroxylation is 1. The molecule has 0 atom stereocenters. The summed E-state index contributed by atoms with van der Waals surface area (Å²) >= 11 is 1.83. The van der Waals surface area contributed by atoms with Gasteiger partial charge in [0.15, 0.2) is 0 Å². The quantitative estimate of drug-likeness (QED) is 0.802. The second-order valence-electron chi connectivity index (χ2n) is 4.46. The molecule has 0 aliphatic heterocycles. The van der Waals surface area contributed by atoms with Crippen LogP contribution in [0, 0.1) is 6.92 Å². The Kier molecular flexibility index (Phi) is 4.79. The van der Waals surface area contributed by atoms with Crippen LogP contribution in [0.4, 0.5) is 5.69 Å². The average molecular weight is 260 g/mol. The number of anilines is 1. The Morgan fingerprint density at radius 2 is 1.94 bits per heavy atom. The first-order chi connectivity index (χ1) is 8.77. The number of nitrogens with one attached hydrogen (secondary N) is 1. The van der Waals surface area contributed by atoms with Crippen molar-refractivity contribution in [2.45, 2.75) is 13.5 Å². The van der Waals surface area contributed by atoms with Crippen LogP contribution in [0.15, 0.2) is 41.8 Å². The number of para-hydroxylation sites is 1. The van der Waals surface area contributed by atoms with Crippen molar-refractivity contribution >= 4 is 17.0 Å². The Morgan fingerprint density at radius 1 is 1.17 bits per heavy atom. The number of thiophene rings is 1. The molecule has 0 aliphatic carbocycles. The molecular weight excluding hydrogens is 240 g/mol. The van der Waals surface area contributed by atoms with Gasteiger partial charge in [0, 0.05) is 37.2 Å². The Morgan fingerprint density at radius 3 is 2.61 bits per heavy atom. The van der Waals surface area contributed by atoms with E-state index in [0.717, 1.165) is 19.6 Å². The van der Waals surface area contributed by atoms with Crippen molar-refractivity contribution in [1.29, 1.82) is 0 Å². The van der Waals surface area contributed by atoms with Gasteiger partial charge in [-0.25, -0.2) is 0 Å². The first-order valence-corrected chi connectivity index (χ1v) is 7.15. The van der Waals surface area contributed by atoms with Gasteiger partial charge in [-0.3, -0.25) is 0 Å². The first-order valence-electron chi connectivity index (χ1n) is 6.27. The summed E-state index contributed by atoms with van der Waals surface area (Å²) in [4.78, 5) is 3.71. The van der Waals surface area contributed by atoms with E-state index in [9.17, 15) is 0 Å². The third-order valence-electron chi connectivity index (χ3n) is 3.07. The molecule has 3 heteroatoms. The zero-order valence-corrected chi connectivity index (χ0v) is 11.8. The molecule has 1 N–H and O–H groups in total. The fourth-order valence-corrected chi connectivity index (χ4v) is 2.72. The number of hydrogen-bond donors (Lipinski definition) is 1. The van der Waals surface area contributed by atoms with Gasteiger partial charge in [0.1, 0.15) is 0 Å². The highest BCUT2D eigenvalue weighted by Gasteiger charge is 2.01.